The average molecular weight is 394 g/mol. The van der Waals surface area contributed by atoms with E-state index in [1.54, 1.807) is 19.1 Å². The predicted molar refractivity (Wildman–Crippen MR) is 99.3 cm³/mol. The van der Waals surface area contributed by atoms with Crippen LogP contribution in [0.3, 0.4) is 0 Å². The molecule has 1 N–H and O–H groups in total. The van der Waals surface area contributed by atoms with Crippen molar-refractivity contribution in [3.05, 3.63) is 41.5 Å². The topological polar surface area (TPSA) is 89.3 Å². The Morgan fingerprint density at radius 2 is 2.22 bits per heavy atom. The Kier molecular flexibility index (Phi) is 5.94. The summed E-state index contributed by atoms with van der Waals surface area (Å²) in [5.41, 5.74) is 1.05. The molecule has 1 unspecified atom stereocenters. The molecule has 2 aromatic rings. The Hall–Kier alpha value is -2.22. The second-order valence-corrected chi connectivity index (χ2v) is 9.20. The number of carbonyl (C=O) groups excluding carboxylic acids is 1. The number of hydrogen-bond acceptors (Lipinski definition) is 5. The minimum Gasteiger partial charge on any atom is -0.441 e. The molecule has 6 nitrogen and oxygen atoms in total. The van der Waals surface area contributed by atoms with Crippen LogP contribution >= 0.6 is 0 Å². The molecule has 1 aromatic carbocycles. The lowest BCUT2D eigenvalue weighted by molar-refractivity contribution is -0.120. The van der Waals surface area contributed by atoms with Crippen LogP contribution in [0.5, 0.6) is 0 Å². The molecule has 1 fully saturated rings. The Labute approximate surface area is 158 Å². The van der Waals surface area contributed by atoms with Crippen LogP contribution in [-0.2, 0) is 21.1 Å². The molecule has 0 spiro atoms. The maximum atomic E-state index is 13.3. The van der Waals surface area contributed by atoms with E-state index in [0.717, 1.165) is 19.3 Å². The maximum Gasteiger partial charge on any atom is 0.226 e. The Morgan fingerprint density at radius 1 is 1.41 bits per heavy atom. The molecule has 0 aliphatic carbocycles. The fourth-order valence-corrected chi connectivity index (χ4v) is 5.18. The molecule has 0 saturated carbocycles. The van der Waals surface area contributed by atoms with Crippen molar-refractivity contribution in [3.8, 4) is 11.5 Å². The molecular formula is C19H23FN2O4S. The SMILES string of the molecule is Cc1oc(-c2cccc(F)c2)nc1CC(=O)NCCCC1CCS(=O)(=O)C1. The molecule has 1 aromatic heterocycles. The monoisotopic (exact) mass is 394 g/mol. The number of rotatable bonds is 7. The van der Waals surface area contributed by atoms with E-state index in [1.165, 1.54) is 12.1 Å². The number of aryl methyl sites for hydroxylation is 1. The van der Waals surface area contributed by atoms with Gasteiger partial charge in [0.2, 0.25) is 11.8 Å². The third-order valence-corrected chi connectivity index (χ3v) is 6.57. The molecule has 146 valence electrons. The van der Waals surface area contributed by atoms with Crippen molar-refractivity contribution in [1.29, 1.82) is 0 Å². The molecule has 2 heterocycles. The first kappa shape index (κ1) is 19.5. The van der Waals surface area contributed by atoms with Crippen LogP contribution in [-0.4, -0.2) is 37.4 Å². The number of oxazole rings is 1. The Balaban J connectivity index is 1.47. The van der Waals surface area contributed by atoms with E-state index in [2.05, 4.69) is 10.3 Å². The van der Waals surface area contributed by atoms with Crippen molar-refractivity contribution in [2.45, 2.75) is 32.6 Å². The van der Waals surface area contributed by atoms with E-state index < -0.39 is 9.84 Å². The lowest BCUT2D eigenvalue weighted by atomic mass is 10.0. The summed E-state index contributed by atoms with van der Waals surface area (Å²) in [7, 11) is -2.85. The first-order chi connectivity index (χ1) is 12.8. The predicted octanol–water partition coefficient (Wildman–Crippen LogP) is 2.66. The quantitative estimate of drug-likeness (QED) is 0.730. The number of nitrogens with one attached hydrogen (secondary N) is 1. The lowest BCUT2D eigenvalue weighted by Gasteiger charge is -2.08. The third-order valence-electron chi connectivity index (χ3n) is 4.73. The molecule has 8 heteroatoms. The van der Waals surface area contributed by atoms with Crippen LogP contribution in [0.2, 0.25) is 0 Å². The molecule has 1 atom stereocenters. The van der Waals surface area contributed by atoms with Crippen LogP contribution in [0, 0.1) is 18.7 Å². The van der Waals surface area contributed by atoms with E-state index in [9.17, 15) is 17.6 Å². The van der Waals surface area contributed by atoms with E-state index in [-0.39, 0.29) is 41.5 Å². The normalized spacial score (nSPS) is 18.5. The maximum absolute atomic E-state index is 13.3. The van der Waals surface area contributed by atoms with Crippen molar-refractivity contribution >= 4 is 15.7 Å². The summed E-state index contributed by atoms with van der Waals surface area (Å²) < 4.78 is 41.8. The summed E-state index contributed by atoms with van der Waals surface area (Å²) in [4.78, 5) is 16.4. The number of carbonyl (C=O) groups is 1. The highest BCUT2D eigenvalue weighted by Gasteiger charge is 2.27. The van der Waals surface area contributed by atoms with Crippen LogP contribution in [0.4, 0.5) is 4.39 Å². The molecule has 3 rings (SSSR count). The zero-order valence-corrected chi connectivity index (χ0v) is 16.0. The highest BCUT2D eigenvalue weighted by molar-refractivity contribution is 7.91. The zero-order valence-electron chi connectivity index (χ0n) is 15.2. The van der Waals surface area contributed by atoms with Crippen molar-refractivity contribution in [2.75, 3.05) is 18.1 Å². The average Bonchev–Trinajstić information content (AvgIpc) is 3.14. The molecular weight excluding hydrogens is 371 g/mol. The van der Waals surface area contributed by atoms with Gasteiger partial charge in [-0.25, -0.2) is 17.8 Å². The van der Waals surface area contributed by atoms with Gasteiger partial charge in [0, 0.05) is 12.1 Å². The second-order valence-electron chi connectivity index (χ2n) is 6.97. The van der Waals surface area contributed by atoms with Gasteiger partial charge in [-0.2, -0.15) is 0 Å². The third kappa shape index (κ3) is 5.38. The van der Waals surface area contributed by atoms with Crippen LogP contribution in [0.1, 0.15) is 30.7 Å². The minimum absolute atomic E-state index is 0.0858. The summed E-state index contributed by atoms with van der Waals surface area (Å²) >= 11 is 0. The van der Waals surface area contributed by atoms with Crippen molar-refractivity contribution in [2.24, 2.45) is 5.92 Å². The number of halogens is 1. The van der Waals surface area contributed by atoms with Gasteiger partial charge in [0.1, 0.15) is 11.6 Å². The Bertz CT molecular complexity index is 924. The van der Waals surface area contributed by atoms with E-state index in [4.69, 9.17) is 4.42 Å². The molecule has 1 aliphatic heterocycles. The number of aromatic nitrogens is 1. The number of benzene rings is 1. The van der Waals surface area contributed by atoms with E-state index in [0.29, 0.717) is 23.6 Å². The van der Waals surface area contributed by atoms with Gasteiger partial charge in [-0.1, -0.05) is 6.07 Å². The summed E-state index contributed by atoms with van der Waals surface area (Å²) in [6.07, 6.45) is 2.35. The lowest BCUT2D eigenvalue weighted by Crippen LogP contribution is -2.26. The fourth-order valence-electron chi connectivity index (χ4n) is 3.27. The first-order valence-corrected chi connectivity index (χ1v) is 10.8. The van der Waals surface area contributed by atoms with Gasteiger partial charge in [-0.3, -0.25) is 4.79 Å². The summed E-state index contributed by atoms with van der Waals surface area (Å²) in [5, 5.41) is 2.83. The fraction of sp³-hybridized carbons (Fsp3) is 0.474. The Morgan fingerprint density at radius 3 is 2.93 bits per heavy atom. The van der Waals surface area contributed by atoms with Crippen LogP contribution in [0.25, 0.3) is 11.5 Å². The van der Waals surface area contributed by atoms with Gasteiger partial charge in [-0.15, -0.1) is 0 Å². The van der Waals surface area contributed by atoms with E-state index >= 15 is 0 Å². The number of sulfone groups is 1. The van der Waals surface area contributed by atoms with Crippen molar-refractivity contribution in [3.63, 3.8) is 0 Å². The smallest absolute Gasteiger partial charge is 0.226 e. The van der Waals surface area contributed by atoms with Gasteiger partial charge in [0.15, 0.2) is 9.84 Å². The molecule has 1 amide bonds. The van der Waals surface area contributed by atoms with Gasteiger partial charge in [0.05, 0.1) is 23.6 Å². The van der Waals surface area contributed by atoms with Gasteiger partial charge in [-0.05, 0) is 50.3 Å². The number of hydrogen-bond donors (Lipinski definition) is 1. The molecule has 0 bridgehead atoms. The largest absolute Gasteiger partial charge is 0.441 e. The highest BCUT2D eigenvalue weighted by Crippen LogP contribution is 2.23. The van der Waals surface area contributed by atoms with Gasteiger partial charge in [0.25, 0.3) is 0 Å². The second kappa shape index (κ2) is 8.21. The summed E-state index contributed by atoms with van der Waals surface area (Å²) in [6, 6.07) is 5.95. The first-order valence-electron chi connectivity index (χ1n) is 9.02. The molecule has 1 aliphatic rings. The number of nitrogens with zero attached hydrogens (tertiary/aromatic N) is 1. The highest BCUT2D eigenvalue weighted by atomic mass is 32.2. The summed E-state index contributed by atoms with van der Waals surface area (Å²) in [5.74, 6) is 1.02. The zero-order chi connectivity index (χ0) is 19.4. The van der Waals surface area contributed by atoms with E-state index in [1.807, 2.05) is 0 Å². The van der Waals surface area contributed by atoms with Gasteiger partial charge >= 0.3 is 0 Å². The minimum atomic E-state index is -2.85. The van der Waals surface area contributed by atoms with Crippen LogP contribution < -0.4 is 5.32 Å². The number of amides is 1. The standard InChI is InChI=1S/C19H23FN2O4S/c1-13-17(22-19(26-13)15-5-2-6-16(20)10-15)11-18(23)21-8-3-4-14-7-9-27(24,25)12-14/h2,5-6,10,14H,3-4,7-9,11-12H2,1H3,(H,21,23). The molecule has 0 radical (unpaired) electrons. The molecule has 1 saturated heterocycles. The van der Waals surface area contributed by atoms with Crippen molar-refractivity contribution < 1.29 is 22.0 Å². The van der Waals surface area contributed by atoms with Crippen LogP contribution in [0.15, 0.2) is 28.7 Å². The molecule has 27 heavy (non-hydrogen) atoms. The van der Waals surface area contributed by atoms with Crippen molar-refractivity contribution in [1.82, 2.24) is 10.3 Å². The summed E-state index contributed by atoms with van der Waals surface area (Å²) in [6.45, 7) is 2.22. The van der Waals surface area contributed by atoms with Gasteiger partial charge < -0.3 is 9.73 Å².